The summed E-state index contributed by atoms with van der Waals surface area (Å²) in [4.78, 5) is 18.0. The van der Waals surface area contributed by atoms with Crippen molar-refractivity contribution >= 4 is 35.8 Å². The Kier molecular flexibility index (Phi) is 10.3. The first kappa shape index (κ1) is 23.3. The number of rotatable bonds is 7. The van der Waals surface area contributed by atoms with Crippen LogP contribution in [-0.4, -0.2) is 62.7 Å². The summed E-state index contributed by atoms with van der Waals surface area (Å²) in [5, 5.41) is 6.67. The Morgan fingerprint density at radius 2 is 2.07 bits per heavy atom. The Labute approximate surface area is 178 Å². The van der Waals surface area contributed by atoms with Gasteiger partial charge in [-0.25, -0.2) is 4.99 Å². The van der Waals surface area contributed by atoms with Crippen molar-refractivity contribution in [2.75, 3.05) is 33.8 Å². The molecule has 8 heteroatoms. The summed E-state index contributed by atoms with van der Waals surface area (Å²) < 4.78 is 11.3. The van der Waals surface area contributed by atoms with Crippen LogP contribution < -0.4 is 20.1 Å². The van der Waals surface area contributed by atoms with Crippen molar-refractivity contribution in [3.63, 3.8) is 0 Å². The van der Waals surface area contributed by atoms with Gasteiger partial charge < -0.3 is 25.0 Å². The molecule has 2 unspecified atom stereocenters. The second kappa shape index (κ2) is 11.9. The molecule has 2 N–H and O–H groups in total. The van der Waals surface area contributed by atoms with Gasteiger partial charge in [0.25, 0.3) is 0 Å². The fourth-order valence-electron chi connectivity index (χ4n) is 2.83. The third-order valence-electron chi connectivity index (χ3n) is 4.22. The highest BCUT2D eigenvalue weighted by molar-refractivity contribution is 14.0. The lowest BCUT2D eigenvalue weighted by Gasteiger charge is -2.31. The summed E-state index contributed by atoms with van der Waals surface area (Å²) in [5.74, 6) is 2.37. The molecule has 1 aliphatic heterocycles. The predicted molar refractivity (Wildman–Crippen MR) is 118 cm³/mol. The van der Waals surface area contributed by atoms with Crippen LogP contribution in [0.25, 0.3) is 0 Å². The molecule has 1 saturated heterocycles. The lowest BCUT2D eigenvalue weighted by molar-refractivity contribution is -0.132. The minimum atomic E-state index is -0.0997. The van der Waals surface area contributed by atoms with Gasteiger partial charge in [0.15, 0.2) is 17.5 Å². The van der Waals surface area contributed by atoms with Gasteiger partial charge in [-0.15, -0.1) is 24.0 Å². The molecule has 1 heterocycles. The number of likely N-dealkylation sites (N-methyl/N-ethyl adjacent to an activating group) is 1. The van der Waals surface area contributed by atoms with Gasteiger partial charge >= 0.3 is 0 Å². The number of para-hydroxylation sites is 2. The highest BCUT2D eigenvalue weighted by Crippen LogP contribution is 2.26. The summed E-state index contributed by atoms with van der Waals surface area (Å²) in [7, 11) is 3.47. The van der Waals surface area contributed by atoms with E-state index in [0.717, 1.165) is 18.9 Å². The quantitative estimate of drug-likeness (QED) is 0.349. The van der Waals surface area contributed by atoms with Gasteiger partial charge in [0.1, 0.15) is 6.10 Å². The molecule has 2 atom stereocenters. The molecule has 2 rings (SSSR count). The molecule has 152 valence electrons. The van der Waals surface area contributed by atoms with Gasteiger partial charge in [-0.1, -0.05) is 12.1 Å². The van der Waals surface area contributed by atoms with Crippen LogP contribution in [-0.2, 0) is 4.79 Å². The number of halogens is 1. The predicted octanol–water partition coefficient (Wildman–Crippen LogP) is 2.26. The zero-order valence-corrected chi connectivity index (χ0v) is 18.9. The van der Waals surface area contributed by atoms with E-state index in [2.05, 4.69) is 15.6 Å². The molecule has 1 fully saturated rings. The van der Waals surface area contributed by atoms with Crippen LogP contribution in [0.2, 0.25) is 0 Å². The summed E-state index contributed by atoms with van der Waals surface area (Å²) in [6.45, 7) is 5.98. The zero-order chi connectivity index (χ0) is 18.9. The lowest BCUT2D eigenvalue weighted by Crippen LogP contribution is -2.51. The Balaban J connectivity index is 0.00000364. The monoisotopic (exact) mass is 490 g/mol. The van der Waals surface area contributed by atoms with E-state index in [4.69, 9.17) is 9.47 Å². The molecule has 1 amide bonds. The maximum Gasteiger partial charge on any atom is 0.222 e. The SMILES string of the molecule is CCNC(=NCC(C)Oc1ccccc1OC)NC1CCC(=O)N(C)C1.I. The molecular formula is C19H31IN4O3. The number of piperidine rings is 1. The Hall–Kier alpha value is -1.71. The van der Waals surface area contributed by atoms with Crippen LogP contribution in [0.15, 0.2) is 29.3 Å². The van der Waals surface area contributed by atoms with E-state index in [1.165, 1.54) is 0 Å². The Morgan fingerprint density at radius 1 is 1.37 bits per heavy atom. The molecule has 1 aromatic carbocycles. The van der Waals surface area contributed by atoms with Crippen molar-refractivity contribution in [2.45, 2.75) is 38.8 Å². The van der Waals surface area contributed by atoms with Gasteiger partial charge in [-0.05, 0) is 32.4 Å². The number of carbonyl (C=O) groups excluding carboxylic acids is 1. The average Bonchev–Trinajstić information content (AvgIpc) is 2.63. The lowest BCUT2D eigenvalue weighted by atomic mass is 10.1. The number of aliphatic imine (C=N–C) groups is 1. The van der Waals surface area contributed by atoms with E-state index in [0.29, 0.717) is 31.0 Å². The molecule has 27 heavy (non-hydrogen) atoms. The number of hydrogen-bond donors (Lipinski definition) is 2. The number of nitrogens with zero attached hydrogens (tertiary/aromatic N) is 2. The van der Waals surface area contributed by atoms with Crippen molar-refractivity contribution < 1.29 is 14.3 Å². The molecule has 0 aromatic heterocycles. The summed E-state index contributed by atoms with van der Waals surface area (Å²) in [6.07, 6.45) is 1.29. The summed E-state index contributed by atoms with van der Waals surface area (Å²) in [6, 6.07) is 7.80. The first-order valence-electron chi connectivity index (χ1n) is 9.12. The molecule has 0 radical (unpaired) electrons. The molecule has 0 bridgehead atoms. The first-order chi connectivity index (χ1) is 12.5. The molecule has 0 aliphatic carbocycles. The van der Waals surface area contributed by atoms with Gasteiger partial charge in [0, 0.05) is 32.6 Å². The Bertz CT molecular complexity index is 627. The third kappa shape index (κ3) is 7.43. The molecular weight excluding hydrogens is 459 g/mol. The van der Waals surface area contributed by atoms with Crippen LogP contribution >= 0.6 is 24.0 Å². The van der Waals surface area contributed by atoms with Crippen LogP contribution in [0.4, 0.5) is 0 Å². The van der Waals surface area contributed by atoms with Crippen molar-refractivity contribution in [1.82, 2.24) is 15.5 Å². The van der Waals surface area contributed by atoms with Crippen molar-refractivity contribution in [2.24, 2.45) is 4.99 Å². The average molecular weight is 490 g/mol. The fraction of sp³-hybridized carbons (Fsp3) is 0.579. The van der Waals surface area contributed by atoms with Crippen molar-refractivity contribution in [3.8, 4) is 11.5 Å². The minimum Gasteiger partial charge on any atom is -0.493 e. The number of benzene rings is 1. The minimum absolute atomic E-state index is 0. The zero-order valence-electron chi connectivity index (χ0n) is 16.5. The second-order valence-corrected chi connectivity index (χ2v) is 6.45. The normalized spacial score (nSPS) is 18.4. The summed E-state index contributed by atoms with van der Waals surface area (Å²) in [5.41, 5.74) is 0. The standard InChI is InChI=1S/C19H30N4O3.HI/c1-5-20-19(22-15-10-11-18(24)23(3)13-15)21-12-14(2)26-17-9-7-6-8-16(17)25-4;/h6-9,14-15H,5,10-13H2,1-4H3,(H2,20,21,22);1H. The number of amides is 1. The smallest absolute Gasteiger partial charge is 0.222 e. The van der Waals surface area contributed by atoms with E-state index >= 15 is 0 Å². The van der Waals surface area contributed by atoms with Gasteiger partial charge in [0.2, 0.25) is 5.91 Å². The number of nitrogens with one attached hydrogen (secondary N) is 2. The maximum absolute atomic E-state index is 11.6. The highest BCUT2D eigenvalue weighted by atomic mass is 127. The van der Waals surface area contributed by atoms with E-state index in [-0.39, 0.29) is 42.0 Å². The Morgan fingerprint density at radius 3 is 2.70 bits per heavy atom. The molecule has 0 spiro atoms. The van der Waals surface area contributed by atoms with Crippen LogP contribution in [0.3, 0.4) is 0 Å². The van der Waals surface area contributed by atoms with Crippen LogP contribution in [0, 0.1) is 0 Å². The second-order valence-electron chi connectivity index (χ2n) is 6.45. The first-order valence-corrected chi connectivity index (χ1v) is 9.12. The van der Waals surface area contributed by atoms with Gasteiger partial charge in [-0.2, -0.15) is 0 Å². The number of carbonyl (C=O) groups is 1. The summed E-state index contributed by atoms with van der Waals surface area (Å²) >= 11 is 0. The largest absolute Gasteiger partial charge is 0.493 e. The van der Waals surface area contributed by atoms with Crippen LogP contribution in [0.5, 0.6) is 11.5 Å². The topological polar surface area (TPSA) is 75.2 Å². The molecule has 0 saturated carbocycles. The highest BCUT2D eigenvalue weighted by Gasteiger charge is 2.23. The van der Waals surface area contributed by atoms with E-state index in [1.54, 1.807) is 12.0 Å². The number of ether oxygens (including phenoxy) is 2. The maximum atomic E-state index is 11.6. The number of likely N-dealkylation sites (tertiary alicyclic amines) is 1. The van der Waals surface area contributed by atoms with Gasteiger partial charge in [-0.3, -0.25) is 4.79 Å². The van der Waals surface area contributed by atoms with Gasteiger partial charge in [0.05, 0.1) is 13.7 Å². The molecule has 1 aliphatic rings. The number of guanidine groups is 1. The van der Waals surface area contributed by atoms with Crippen molar-refractivity contribution in [1.29, 1.82) is 0 Å². The van der Waals surface area contributed by atoms with E-state index in [1.807, 2.05) is 45.2 Å². The van der Waals surface area contributed by atoms with Crippen molar-refractivity contribution in [3.05, 3.63) is 24.3 Å². The third-order valence-corrected chi connectivity index (χ3v) is 4.22. The fourth-order valence-corrected chi connectivity index (χ4v) is 2.83. The number of methoxy groups -OCH3 is 1. The van der Waals surface area contributed by atoms with E-state index < -0.39 is 0 Å². The van der Waals surface area contributed by atoms with Crippen LogP contribution in [0.1, 0.15) is 26.7 Å². The molecule has 1 aromatic rings. The van der Waals surface area contributed by atoms with E-state index in [9.17, 15) is 4.79 Å². The number of hydrogen-bond acceptors (Lipinski definition) is 4. The molecule has 7 nitrogen and oxygen atoms in total.